The van der Waals surface area contributed by atoms with Crippen LogP contribution in [0, 0.1) is 13.8 Å². The van der Waals surface area contributed by atoms with E-state index in [1.165, 1.54) is 0 Å². The van der Waals surface area contributed by atoms with Gasteiger partial charge in [0, 0.05) is 11.3 Å². The topological polar surface area (TPSA) is 93.4 Å². The molecule has 130 valence electrons. The monoisotopic (exact) mass is 357 g/mol. The first-order chi connectivity index (χ1) is 11.8. The number of nitrogens with two attached hydrogens (primary N) is 1. The molecule has 2 aromatic rings. The van der Waals surface area contributed by atoms with Crippen molar-refractivity contribution in [1.29, 1.82) is 0 Å². The highest BCUT2D eigenvalue weighted by molar-refractivity contribution is 7.80. The zero-order valence-electron chi connectivity index (χ0n) is 14.0. The lowest BCUT2D eigenvalue weighted by Crippen LogP contribution is -2.37. The molecular formula is C18H19N3O3S. The lowest BCUT2D eigenvalue weighted by molar-refractivity contribution is -0.121. The smallest absolute Gasteiger partial charge is 0.264 e. The number of hydrogen-bond acceptors (Lipinski definition) is 4. The summed E-state index contributed by atoms with van der Waals surface area (Å²) in [5, 5.41) is 5.52. The maximum Gasteiger partial charge on any atom is 0.264 e. The minimum Gasteiger partial charge on any atom is -0.483 e. The summed E-state index contributed by atoms with van der Waals surface area (Å²) in [5.41, 5.74) is 8.20. The van der Waals surface area contributed by atoms with E-state index in [0.29, 0.717) is 17.0 Å². The fourth-order valence-corrected chi connectivity index (χ4v) is 2.28. The highest BCUT2D eigenvalue weighted by atomic mass is 32.1. The molecule has 7 heteroatoms. The van der Waals surface area contributed by atoms with Gasteiger partial charge < -0.3 is 15.8 Å². The molecule has 25 heavy (non-hydrogen) atoms. The maximum absolute atomic E-state index is 11.9. The molecule has 0 radical (unpaired) electrons. The molecule has 4 N–H and O–H groups in total. The van der Waals surface area contributed by atoms with Crippen molar-refractivity contribution in [2.45, 2.75) is 13.8 Å². The Bertz CT molecular complexity index is 804. The van der Waals surface area contributed by atoms with Crippen molar-refractivity contribution < 1.29 is 14.3 Å². The van der Waals surface area contributed by atoms with Crippen molar-refractivity contribution >= 4 is 34.8 Å². The number of aryl methyl sites for hydroxylation is 2. The van der Waals surface area contributed by atoms with E-state index in [2.05, 4.69) is 10.6 Å². The number of anilines is 1. The Labute approximate surface area is 151 Å². The number of carbonyl (C=O) groups excluding carboxylic acids is 2. The standard InChI is InChI=1S/C18H19N3O3S/c1-11-3-4-12(2)15(9-11)24-10-16(22)21-18(25)20-14-7-5-13(6-8-14)17(19)23/h3-9H,10H2,1-2H3,(H2,19,23)(H2,20,21,22,25). The third kappa shape index (κ3) is 5.58. The first-order valence-electron chi connectivity index (χ1n) is 7.56. The van der Waals surface area contributed by atoms with E-state index in [1.54, 1.807) is 24.3 Å². The Hall–Kier alpha value is -2.93. The van der Waals surface area contributed by atoms with Gasteiger partial charge in [0.1, 0.15) is 5.75 Å². The van der Waals surface area contributed by atoms with Crippen molar-refractivity contribution in [1.82, 2.24) is 5.32 Å². The van der Waals surface area contributed by atoms with Crippen LogP contribution in [0.2, 0.25) is 0 Å². The molecule has 0 saturated heterocycles. The van der Waals surface area contributed by atoms with Gasteiger partial charge in [-0.2, -0.15) is 0 Å². The molecule has 2 rings (SSSR count). The van der Waals surface area contributed by atoms with Crippen molar-refractivity contribution in [3.8, 4) is 5.75 Å². The summed E-state index contributed by atoms with van der Waals surface area (Å²) in [4.78, 5) is 23.0. The number of thiocarbonyl (C=S) groups is 1. The van der Waals surface area contributed by atoms with Crippen LogP contribution in [-0.2, 0) is 4.79 Å². The minimum atomic E-state index is -0.508. The minimum absolute atomic E-state index is 0.140. The molecule has 0 heterocycles. The SMILES string of the molecule is Cc1ccc(C)c(OCC(=O)NC(=S)Nc2ccc(C(N)=O)cc2)c1. The molecule has 0 atom stereocenters. The summed E-state index contributed by atoms with van der Waals surface area (Å²) in [7, 11) is 0. The van der Waals surface area contributed by atoms with Crippen molar-refractivity contribution in [2.24, 2.45) is 5.73 Å². The third-order valence-electron chi connectivity index (χ3n) is 3.38. The summed E-state index contributed by atoms with van der Waals surface area (Å²) < 4.78 is 5.52. The molecule has 2 aromatic carbocycles. The Balaban J connectivity index is 1.84. The predicted molar refractivity (Wildman–Crippen MR) is 101 cm³/mol. The lowest BCUT2D eigenvalue weighted by atomic mass is 10.1. The largest absolute Gasteiger partial charge is 0.483 e. The number of primary amides is 1. The van der Waals surface area contributed by atoms with E-state index in [1.807, 2.05) is 32.0 Å². The number of ether oxygens (including phenoxy) is 1. The Kier molecular flexibility index (Phi) is 6.08. The molecule has 0 fully saturated rings. The van der Waals surface area contributed by atoms with Crippen molar-refractivity contribution in [2.75, 3.05) is 11.9 Å². The zero-order chi connectivity index (χ0) is 18.4. The second kappa shape index (κ2) is 8.25. The van der Waals surface area contributed by atoms with Gasteiger partial charge in [-0.05, 0) is 67.5 Å². The molecule has 0 aromatic heterocycles. The molecule has 0 aliphatic carbocycles. The second-order valence-corrected chi connectivity index (χ2v) is 5.91. The van der Waals surface area contributed by atoms with Gasteiger partial charge in [0.2, 0.25) is 5.91 Å². The van der Waals surface area contributed by atoms with Crippen LogP contribution in [0.5, 0.6) is 5.75 Å². The molecule has 0 spiro atoms. The lowest BCUT2D eigenvalue weighted by Gasteiger charge is -2.12. The average Bonchev–Trinajstić information content (AvgIpc) is 2.56. The second-order valence-electron chi connectivity index (χ2n) is 5.50. The van der Waals surface area contributed by atoms with Crippen LogP contribution in [0.3, 0.4) is 0 Å². The van der Waals surface area contributed by atoms with E-state index >= 15 is 0 Å². The first-order valence-corrected chi connectivity index (χ1v) is 7.97. The van der Waals surface area contributed by atoms with Crippen molar-refractivity contribution in [3.05, 3.63) is 59.2 Å². The van der Waals surface area contributed by atoms with Crippen LogP contribution in [0.25, 0.3) is 0 Å². The highest BCUT2D eigenvalue weighted by Gasteiger charge is 2.08. The number of amides is 2. The number of hydrogen-bond donors (Lipinski definition) is 3. The summed E-state index contributed by atoms with van der Waals surface area (Å²) >= 11 is 5.08. The molecule has 0 saturated carbocycles. The van der Waals surface area contributed by atoms with Gasteiger partial charge in [-0.25, -0.2) is 0 Å². The molecule has 0 aliphatic heterocycles. The molecule has 0 unspecified atom stereocenters. The van der Waals surface area contributed by atoms with Crippen LogP contribution < -0.4 is 21.1 Å². The van der Waals surface area contributed by atoms with Gasteiger partial charge in [-0.15, -0.1) is 0 Å². The van der Waals surface area contributed by atoms with Crippen LogP contribution >= 0.6 is 12.2 Å². The Morgan fingerprint density at radius 3 is 2.44 bits per heavy atom. The molecule has 0 bridgehead atoms. The number of rotatable bonds is 5. The fraction of sp³-hybridized carbons (Fsp3) is 0.167. The van der Waals surface area contributed by atoms with Crippen LogP contribution in [0.1, 0.15) is 21.5 Å². The van der Waals surface area contributed by atoms with Gasteiger partial charge >= 0.3 is 0 Å². The van der Waals surface area contributed by atoms with Crippen LogP contribution in [-0.4, -0.2) is 23.5 Å². The van der Waals surface area contributed by atoms with E-state index < -0.39 is 5.91 Å². The normalized spacial score (nSPS) is 10.0. The van der Waals surface area contributed by atoms with Gasteiger partial charge in [0.15, 0.2) is 11.7 Å². The molecular weight excluding hydrogens is 338 g/mol. The van der Waals surface area contributed by atoms with Gasteiger partial charge in [0.05, 0.1) is 0 Å². The van der Waals surface area contributed by atoms with Crippen molar-refractivity contribution in [3.63, 3.8) is 0 Å². The average molecular weight is 357 g/mol. The summed E-state index contributed by atoms with van der Waals surface area (Å²) in [6.45, 7) is 3.72. The third-order valence-corrected chi connectivity index (χ3v) is 3.59. The first kappa shape index (κ1) is 18.4. The van der Waals surface area contributed by atoms with Crippen LogP contribution in [0.4, 0.5) is 5.69 Å². The molecule has 0 aliphatic rings. The molecule has 2 amide bonds. The number of nitrogens with one attached hydrogen (secondary N) is 2. The molecule has 6 nitrogen and oxygen atoms in total. The summed E-state index contributed by atoms with van der Waals surface area (Å²) in [6, 6.07) is 12.2. The van der Waals surface area contributed by atoms with Gasteiger partial charge in [-0.1, -0.05) is 12.1 Å². The predicted octanol–water partition coefficient (Wildman–Crippen LogP) is 2.29. The fourth-order valence-electron chi connectivity index (χ4n) is 2.05. The Morgan fingerprint density at radius 1 is 1.12 bits per heavy atom. The van der Waals surface area contributed by atoms with Crippen LogP contribution in [0.15, 0.2) is 42.5 Å². The maximum atomic E-state index is 11.9. The zero-order valence-corrected chi connectivity index (χ0v) is 14.8. The van der Waals surface area contributed by atoms with E-state index in [0.717, 1.165) is 11.1 Å². The highest BCUT2D eigenvalue weighted by Crippen LogP contribution is 2.18. The number of carbonyl (C=O) groups is 2. The van der Waals surface area contributed by atoms with E-state index in [-0.39, 0.29) is 17.6 Å². The van der Waals surface area contributed by atoms with E-state index in [9.17, 15) is 9.59 Å². The summed E-state index contributed by atoms with van der Waals surface area (Å²) in [6.07, 6.45) is 0. The number of benzene rings is 2. The quantitative estimate of drug-likeness (QED) is 0.714. The summed E-state index contributed by atoms with van der Waals surface area (Å²) in [5.74, 6) is -0.214. The van der Waals surface area contributed by atoms with Gasteiger partial charge in [0.25, 0.3) is 5.91 Å². The van der Waals surface area contributed by atoms with E-state index in [4.69, 9.17) is 22.7 Å². The Morgan fingerprint density at radius 2 is 1.80 bits per heavy atom. The van der Waals surface area contributed by atoms with Gasteiger partial charge in [-0.3, -0.25) is 14.9 Å².